The van der Waals surface area contributed by atoms with Crippen molar-refractivity contribution >= 4 is 34.2 Å². The van der Waals surface area contributed by atoms with E-state index in [0.717, 1.165) is 16.2 Å². The molecule has 0 saturated carbocycles. The number of hydrogen-bond donors (Lipinski definition) is 0. The molecule has 0 aliphatic carbocycles. The second-order valence-corrected chi connectivity index (χ2v) is 5.84. The number of nitrogens with zero attached hydrogens (tertiary/aromatic N) is 6. The van der Waals surface area contributed by atoms with Gasteiger partial charge in [0.15, 0.2) is 11.9 Å². The lowest BCUT2D eigenvalue weighted by Crippen LogP contribution is -1.95. The SMILES string of the molecule is O=[N+]([O-])c1ccc(N=NC(c2nccs2)c2nccs2)nc1. The van der Waals surface area contributed by atoms with Crippen molar-refractivity contribution in [3.05, 3.63) is 61.6 Å². The van der Waals surface area contributed by atoms with Crippen LogP contribution in [-0.4, -0.2) is 19.9 Å². The molecule has 0 aromatic carbocycles. The molecule has 0 saturated heterocycles. The monoisotopic (exact) mass is 332 g/mol. The Bertz CT molecular complexity index is 736. The zero-order valence-corrected chi connectivity index (χ0v) is 12.6. The zero-order valence-electron chi connectivity index (χ0n) is 10.9. The quantitative estimate of drug-likeness (QED) is 0.401. The Kier molecular flexibility index (Phi) is 4.21. The van der Waals surface area contributed by atoms with Gasteiger partial charge in [-0.2, -0.15) is 5.11 Å². The van der Waals surface area contributed by atoms with Crippen LogP contribution >= 0.6 is 22.7 Å². The maximum Gasteiger partial charge on any atom is 0.287 e. The van der Waals surface area contributed by atoms with Crippen molar-refractivity contribution < 1.29 is 4.92 Å². The maximum absolute atomic E-state index is 10.6. The number of azo groups is 1. The summed E-state index contributed by atoms with van der Waals surface area (Å²) in [5.74, 6) is 0.295. The fourth-order valence-electron chi connectivity index (χ4n) is 1.61. The minimum Gasteiger partial charge on any atom is -0.258 e. The highest BCUT2D eigenvalue weighted by atomic mass is 32.1. The van der Waals surface area contributed by atoms with Gasteiger partial charge in [-0.15, -0.1) is 27.8 Å². The standard InChI is InChI=1S/C12H8N6O2S2/c19-18(20)8-1-2-9(15-7-8)16-17-10(11-13-3-5-21-11)12-14-4-6-22-12/h1-7,10H. The Labute approximate surface area is 132 Å². The molecule has 3 aromatic rings. The van der Waals surface area contributed by atoms with Gasteiger partial charge in [-0.25, -0.2) is 15.0 Å². The van der Waals surface area contributed by atoms with Crippen molar-refractivity contribution in [2.75, 3.05) is 0 Å². The van der Waals surface area contributed by atoms with Crippen LogP contribution in [-0.2, 0) is 0 Å². The first-order valence-electron chi connectivity index (χ1n) is 6.04. The van der Waals surface area contributed by atoms with E-state index in [2.05, 4.69) is 25.2 Å². The molecule has 3 heterocycles. The second kappa shape index (κ2) is 6.45. The molecule has 110 valence electrons. The van der Waals surface area contributed by atoms with Gasteiger partial charge >= 0.3 is 0 Å². The number of rotatable bonds is 5. The second-order valence-electron chi connectivity index (χ2n) is 3.99. The molecule has 0 amide bonds. The van der Waals surface area contributed by atoms with Gasteiger partial charge in [0.2, 0.25) is 0 Å². The van der Waals surface area contributed by atoms with Crippen molar-refractivity contribution in [1.82, 2.24) is 15.0 Å². The summed E-state index contributed by atoms with van der Waals surface area (Å²) >= 11 is 2.93. The third kappa shape index (κ3) is 3.18. The average Bonchev–Trinajstić information content (AvgIpc) is 3.22. The summed E-state index contributed by atoms with van der Waals surface area (Å²) < 4.78 is 0. The molecular weight excluding hydrogens is 324 g/mol. The molecule has 0 atom stereocenters. The van der Waals surface area contributed by atoms with Crippen LogP contribution in [0.25, 0.3) is 0 Å². The minimum absolute atomic E-state index is 0.0876. The third-order valence-electron chi connectivity index (χ3n) is 2.59. The molecule has 0 radical (unpaired) electrons. The Morgan fingerprint density at radius 3 is 2.23 bits per heavy atom. The molecule has 10 heteroatoms. The number of hydrogen-bond acceptors (Lipinski definition) is 9. The van der Waals surface area contributed by atoms with E-state index >= 15 is 0 Å². The lowest BCUT2D eigenvalue weighted by molar-refractivity contribution is -0.385. The van der Waals surface area contributed by atoms with E-state index in [1.807, 2.05) is 10.8 Å². The summed E-state index contributed by atoms with van der Waals surface area (Å²) in [6.07, 6.45) is 4.54. The highest BCUT2D eigenvalue weighted by Gasteiger charge is 2.18. The van der Waals surface area contributed by atoms with Gasteiger partial charge in [-0.05, 0) is 6.07 Å². The molecule has 0 aliphatic rings. The summed E-state index contributed by atoms with van der Waals surface area (Å²) in [5.41, 5.74) is -0.0876. The van der Waals surface area contributed by atoms with E-state index in [-0.39, 0.29) is 5.69 Å². The predicted octanol–water partition coefficient (Wildman–Crippen LogP) is 3.78. The lowest BCUT2D eigenvalue weighted by atomic mass is 10.3. The van der Waals surface area contributed by atoms with E-state index in [9.17, 15) is 10.1 Å². The number of aromatic nitrogens is 3. The van der Waals surface area contributed by atoms with Crippen molar-refractivity contribution in [2.24, 2.45) is 10.2 Å². The van der Waals surface area contributed by atoms with Crippen molar-refractivity contribution in [3.63, 3.8) is 0 Å². The molecule has 3 rings (SSSR count). The Morgan fingerprint density at radius 1 is 1.09 bits per heavy atom. The average molecular weight is 332 g/mol. The molecule has 0 bridgehead atoms. The summed E-state index contributed by atoms with van der Waals surface area (Å²) in [6, 6.07) is 2.39. The number of nitro groups is 1. The van der Waals surface area contributed by atoms with Gasteiger partial charge in [0.25, 0.3) is 5.69 Å². The molecule has 0 spiro atoms. The van der Waals surface area contributed by atoms with E-state index in [1.165, 1.54) is 34.8 Å². The number of pyridine rings is 1. The van der Waals surface area contributed by atoms with Crippen LogP contribution in [0.15, 0.2) is 51.7 Å². The van der Waals surface area contributed by atoms with E-state index < -0.39 is 11.0 Å². The van der Waals surface area contributed by atoms with Crippen molar-refractivity contribution in [1.29, 1.82) is 0 Å². The third-order valence-corrected chi connectivity index (χ3v) is 4.25. The summed E-state index contributed by atoms with van der Waals surface area (Å²) in [4.78, 5) is 22.5. The molecule has 0 N–H and O–H groups in total. The van der Waals surface area contributed by atoms with Crippen LogP contribution in [0.2, 0.25) is 0 Å². The first-order chi connectivity index (χ1) is 10.7. The normalized spacial score (nSPS) is 11.3. The van der Waals surface area contributed by atoms with Gasteiger partial charge in [0.05, 0.1) is 4.92 Å². The predicted molar refractivity (Wildman–Crippen MR) is 81.5 cm³/mol. The summed E-state index contributed by atoms with van der Waals surface area (Å²) in [5, 5.41) is 24.1. The summed E-state index contributed by atoms with van der Waals surface area (Å²) in [7, 11) is 0. The maximum atomic E-state index is 10.6. The Balaban J connectivity index is 1.85. The minimum atomic E-state index is -0.512. The van der Waals surface area contributed by atoms with Crippen molar-refractivity contribution in [2.45, 2.75) is 6.04 Å². The molecule has 0 aliphatic heterocycles. The molecule has 3 aromatic heterocycles. The van der Waals surface area contributed by atoms with Gasteiger partial charge in [-0.1, -0.05) is 0 Å². The highest BCUT2D eigenvalue weighted by molar-refractivity contribution is 7.11. The largest absolute Gasteiger partial charge is 0.287 e. The summed E-state index contributed by atoms with van der Waals surface area (Å²) in [6.45, 7) is 0. The first-order valence-corrected chi connectivity index (χ1v) is 7.80. The molecule has 22 heavy (non-hydrogen) atoms. The zero-order chi connectivity index (χ0) is 15.4. The first kappa shape index (κ1) is 14.4. The highest BCUT2D eigenvalue weighted by Crippen LogP contribution is 2.30. The van der Waals surface area contributed by atoms with Gasteiger partial charge < -0.3 is 0 Å². The lowest BCUT2D eigenvalue weighted by Gasteiger charge is -2.03. The topological polar surface area (TPSA) is 107 Å². The van der Waals surface area contributed by atoms with Crippen LogP contribution in [0.3, 0.4) is 0 Å². The molecule has 0 unspecified atom stereocenters. The van der Waals surface area contributed by atoms with Crippen LogP contribution in [0, 0.1) is 10.1 Å². The van der Waals surface area contributed by atoms with Crippen molar-refractivity contribution in [3.8, 4) is 0 Å². The van der Waals surface area contributed by atoms with Gasteiger partial charge in [-0.3, -0.25) is 10.1 Å². The molecule has 0 fully saturated rings. The van der Waals surface area contributed by atoms with Gasteiger partial charge in [0, 0.05) is 29.2 Å². The van der Waals surface area contributed by atoms with Crippen LogP contribution in [0.4, 0.5) is 11.5 Å². The van der Waals surface area contributed by atoms with Gasteiger partial charge in [0.1, 0.15) is 16.2 Å². The van der Waals surface area contributed by atoms with Crippen LogP contribution in [0.5, 0.6) is 0 Å². The van der Waals surface area contributed by atoms with E-state index in [1.54, 1.807) is 12.4 Å². The fraction of sp³-hybridized carbons (Fsp3) is 0.0833. The fourth-order valence-corrected chi connectivity index (χ4v) is 3.02. The molecular formula is C12H8N6O2S2. The smallest absolute Gasteiger partial charge is 0.258 e. The molecule has 8 nitrogen and oxygen atoms in total. The number of thiazole rings is 2. The van der Waals surface area contributed by atoms with E-state index in [0.29, 0.717) is 5.82 Å². The Hall–Kier alpha value is -2.59. The van der Waals surface area contributed by atoms with Crippen LogP contribution < -0.4 is 0 Å². The van der Waals surface area contributed by atoms with Crippen LogP contribution in [0.1, 0.15) is 16.1 Å². The van der Waals surface area contributed by atoms with E-state index in [4.69, 9.17) is 0 Å². The Morgan fingerprint density at radius 2 is 1.77 bits per heavy atom.